The summed E-state index contributed by atoms with van der Waals surface area (Å²) in [6, 6.07) is 0.462. The van der Waals surface area contributed by atoms with Crippen molar-refractivity contribution in [3.05, 3.63) is 0 Å². The number of carbonyl (C=O) groups is 1. The zero-order chi connectivity index (χ0) is 16.8. The lowest BCUT2D eigenvalue weighted by atomic mass is 9.85. The summed E-state index contributed by atoms with van der Waals surface area (Å²) in [5.41, 5.74) is 0. The van der Waals surface area contributed by atoms with Gasteiger partial charge in [-0.25, -0.2) is 0 Å². The molecule has 136 valence electrons. The molecule has 1 unspecified atom stereocenters. The molecule has 0 aromatic carbocycles. The minimum atomic E-state index is 0.462. The van der Waals surface area contributed by atoms with Crippen LogP contribution in [0, 0.1) is 11.8 Å². The van der Waals surface area contributed by atoms with Gasteiger partial charge in [-0.05, 0) is 31.1 Å². The Labute approximate surface area is 145 Å². The van der Waals surface area contributed by atoms with E-state index in [0.717, 1.165) is 18.2 Å². The van der Waals surface area contributed by atoms with Crippen LogP contribution in [0.1, 0.15) is 110 Å². The molecule has 0 aliphatic heterocycles. The van der Waals surface area contributed by atoms with Crippen molar-refractivity contribution in [2.45, 2.75) is 116 Å². The number of unbranched alkanes of at least 4 members (excludes halogenated alkanes) is 9. The van der Waals surface area contributed by atoms with E-state index in [0.29, 0.717) is 6.04 Å². The van der Waals surface area contributed by atoms with Gasteiger partial charge in [-0.3, -0.25) is 4.79 Å². The van der Waals surface area contributed by atoms with Gasteiger partial charge in [0.25, 0.3) is 0 Å². The first-order valence-corrected chi connectivity index (χ1v) is 10.5. The first-order valence-electron chi connectivity index (χ1n) is 10.5. The monoisotopic (exact) mass is 323 g/mol. The van der Waals surface area contributed by atoms with Gasteiger partial charge in [0, 0.05) is 6.04 Å². The molecule has 0 radical (unpaired) electrons. The normalized spacial score (nSPS) is 24.0. The van der Waals surface area contributed by atoms with Gasteiger partial charge in [0.1, 0.15) is 0 Å². The lowest BCUT2D eigenvalue weighted by molar-refractivity contribution is -0.110. The molecule has 0 saturated heterocycles. The van der Waals surface area contributed by atoms with Gasteiger partial charge >= 0.3 is 0 Å². The maximum atomic E-state index is 10.9. The topological polar surface area (TPSA) is 29.1 Å². The predicted octanol–water partition coefficient (Wildman–Crippen LogP) is 6.24. The molecule has 0 aromatic rings. The summed E-state index contributed by atoms with van der Waals surface area (Å²) in [7, 11) is 0. The van der Waals surface area contributed by atoms with Crippen LogP contribution in [0.3, 0.4) is 0 Å². The smallest absolute Gasteiger partial charge is 0.207 e. The van der Waals surface area contributed by atoms with Crippen LogP contribution in [0.2, 0.25) is 0 Å². The SMILES string of the molecule is CCCCCCCC[C@H]1CCC(NC=O)[C@@H]1CCCCCCC. The number of carbonyl (C=O) groups excluding carboxylic acids is 1. The summed E-state index contributed by atoms with van der Waals surface area (Å²) in [6.45, 7) is 4.56. The van der Waals surface area contributed by atoms with Gasteiger partial charge in [0.05, 0.1) is 0 Å². The minimum absolute atomic E-state index is 0.462. The third-order valence-corrected chi connectivity index (χ3v) is 5.82. The molecule has 23 heavy (non-hydrogen) atoms. The van der Waals surface area contributed by atoms with E-state index in [2.05, 4.69) is 19.2 Å². The number of hydrogen-bond donors (Lipinski definition) is 1. The van der Waals surface area contributed by atoms with Crippen molar-refractivity contribution in [1.82, 2.24) is 5.32 Å². The molecular formula is C21H41NO. The number of nitrogens with one attached hydrogen (secondary N) is 1. The van der Waals surface area contributed by atoms with Crippen LogP contribution < -0.4 is 5.32 Å². The number of rotatable bonds is 15. The minimum Gasteiger partial charge on any atom is -0.356 e. The second kappa shape index (κ2) is 13.9. The first kappa shape index (κ1) is 20.5. The van der Waals surface area contributed by atoms with E-state index in [-0.39, 0.29) is 0 Å². The molecule has 1 fully saturated rings. The maximum Gasteiger partial charge on any atom is 0.207 e. The van der Waals surface area contributed by atoms with E-state index < -0.39 is 0 Å². The zero-order valence-corrected chi connectivity index (χ0v) is 15.8. The van der Waals surface area contributed by atoms with Crippen molar-refractivity contribution < 1.29 is 4.79 Å². The maximum absolute atomic E-state index is 10.9. The zero-order valence-electron chi connectivity index (χ0n) is 15.8. The third kappa shape index (κ3) is 8.77. The average molecular weight is 324 g/mol. The van der Waals surface area contributed by atoms with Crippen LogP contribution in [0.5, 0.6) is 0 Å². The molecule has 1 saturated carbocycles. The average Bonchev–Trinajstić information content (AvgIpc) is 2.93. The molecule has 0 aromatic heterocycles. The Morgan fingerprint density at radius 2 is 1.35 bits per heavy atom. The van der Waals surface area contributed by atoms with Crippen LogP contribution in [-0.2, 0) is 4.79 Å². The lowest BCUT2D eigenvalue weighted by Crippen LogP contribution is -2.33. The van der Waals surface area contributed by atoms with Crippen molar-refractivity contribution in [2.24, 2.45) is 11.8 Å². The second-order valence-electron chi connectivity index (χ2n) is 7.65. The second-order valence-corrected chi connectivity index (χ2v) is 7.65. The van der Waals surface area contributed by atoms with E-state index in [1.54, 1.807) is 0 Å². The standard InChI is InChI=1S/C21H41NO/c1-3-5-7-9-11-12-14-19-16-17-21(22-18-23)20(19)15-13-10-8-6-4-2/h18-21H,3-17H2,1-2H3,(H,22,23)/t19-,20+,21?/m0/s1. The summed E-state index contributed by atoms with van der Waals surface area (Å²) in [5.74, 6) is 1.61. The van der Waals surface area contributed by atoms with Crippen LogP contribution >= 0.6 is 0 Å². The van der Waals surface area contributed by atoms with Gasteiger partial charge in [-0.1, -0.05) is 90.9 Å². The Balaban J connectivity index is 2.26. The molecule has 0 spiro atoms. The Morgan fingerprint density at radius 1 is 0.783 bits per heavy atom. The Kier molecular flexibility index (Phi) is 12.4. The van der Waals surface area contributed by atoms with E-state index >= 15 is 0 Å². The first-order chi connectivity index (χ1) is 11.3. The molecule has 1 rings (SSSR count). The van der Waals surface area contributed by atoms with Gasteiger partial charge in [0.15, 0.2) is 0 Å². The highest BCUT2D eigenvalue weighted by atomic mass is 16.1. The molecule has 1 aliphatic rings. The Bertz CT molecular complexity index is 279. The van der Waals surface area contributed by atoms with Crippen LogP contribution in [0.25, 0.3) is 0 Å². The summed E-state index contributed by atoms with van der Waals surface area (Å²) < 4.78 is 0. The Morgan fingerprint density at radius 3 is 1.96 bits per heavy atom. The summed E-state index contributed by atoms with van der Waals surface area (Å²) >= 11 is 0. The molecule has 2 heteroatoms. The van der Waals surface area contributed by atoms with Gasteiger partial charge in [0.2, 0.25) is 6.41 Å². The molecular weight excluding hydrogens is 282 g/mol. The predicted molar refractivity (Wildman–Crippen MR) is 101 cm³/mol. The third-order valence-electron chi connectivity index (χ3n) is 5.82. The molecule has 0 heterocycles. The van der Waals surface area contributed by atoms with Crippen LogP contribution in [-0.4, -0.2) is 12.5 Å². The molecule has 0 bridgehead atoms. The number of hydrogen-bond acceptors (Lipinski definition) is 1. The fraction of sp³-hybridized carbons (Fsp3) is 0.952. The van der Waals surface area contributed by atoms with Gasteiger partial charge < -0.3 is 5.32 Å². The molecule has 2 nitrogen and oxygen atoms in total. The van der Waals surface area contributed by atoms with Crippen LogP contribution in [0.15, 0.2) is 0 Å². The highest BCUT2D eigenvalue weighted by Gasteiger charge is 2.34. The summed E-state index contributed by atoms with van der Waals surface area (Å²) in [6.07, 6.45) is 21.4. The summed E-state index contributed by atoms with van der Waals surface area (Å²) in [5, 5.41) is 3.11. The Hall–Kier alpha value is -0.530. The fourth-order valence-electron chi connectivity index (χ4n) is 4.41. The van der Waals surface area contributed by atoms with Crippen molar-refractivity contribution in [2.75, 3.05) is 0 Å². The van der Waals surface area contributed by atoms with E-state index in [4.69, 9.17) is 0 Å². The summed E-state index contributed by atoms with van der Waals surface area (Å²) in [4.78, 5) is 10.9. The van der Waals surface area contributed by atoms with Crippen molar-refractivity contribution in [3.63, 3.8) is 0 Å². The molecule has 1 amide bonds. The quantitative estimate of drug-likeness (QED) is 0.280. The van der Waals surface area contributed by atoms with Gasteiger partial charge in [-0.15, -0.1) is 0 Å². The molecule has 1 aliphatic carbocycles. The van der Waals surface area contributed by atoms with E-state index in [1.807, 2.05) is 0 Å². The molecule has 3 atom stereocenters. The number of amides is 1. The van der Waals surface area contributed by atoms with E-state index in [9.17, 15) is 4.79 Å². The van der Waals surface area contributed by atoms with Crippen molar-refractivity contribution in [1.29, 1.82) is 0 Å². The molecule has 1 N–H and O–H groups in total. The highest BCUT2D eigenvalue weighted by molar-refractivity contribution is 5.46. The van der Waals surface area contributed by atoms with Crippen molar-refractivity contribution in [3.8, 4) is 0 Å². The van der Waals surface area contributed by atoms with E-state index in [1.165, 1.54) is 96.3 Å². The van der Waals surface area contributed by atoms with Crippen molar-refractivity contribution >= 4 is 6.41 Å². The largest absolute Gasteiger partial charge is 0.356 e. The van der Waals surface area contributed by atoms with Gasteiger partial charge in [-0.2, -0.15) is 0 Å². The van der Waals surface area contributed by atoms with Crippen LogP contribution in [0.4, 0.5) is 0 Å². The fourth-order valence-corrected chi connectivity index (χ4v) is 4.41. The lowest BCUT2D eigenvalue weighted by Gasteiger charge is -2.25. The highest BCUT2D eigenvalue weighted by Crippen LogP contribution is 2.38.